The SMILES string of the molecule is CC(CCS(C)(=O)=O)Nc1nccc(Oc2ccc(F)cc2)n1. The van der Waals surface area contributed by atoms with E-state index >= 15 is 0 Å². The van der Waals surface area contributed by atoms with E-state index in [2.05, 4.69) is 15.3 Å². The van der Waals surface area contributed by atoms with E-state index in [0.717, 1.165) is 0 Å². The molecule has 2 rings (SSSR count). The van der Waals surface area contributed by atoms with Crippen molar-refractivity contribution < 1.29 is 17.5 Å². The van der Waals surface area contributed by atoms with E-state index in [1.54, 1.807) is 6.07 Å². The van der Waals surface area contributed by atoms with Crippen LogP contribution in [-0.2, 0) is 9.84 Å². The van der Waals surface area contributed by atoms with E-state index in [0.29, 0.717) is 24.0 Å². The van der Waals surface area contributed by atoms with Crippen LogP contribution in [0.4, 0.5) is 10.3 Å². The first-order valence-electron chi connectivity index (χ1n) is 7.02. The van der Waals surface area contributed by atoms with Crippen molar-refractivity contribution in [2.45, 2.75) is 19.4 Å². The molecule has 2 aromatic rings. The van der Waals surface area contributed by atoms with E-state index in [9.17, 15) is 12.8 Å². The fraction of sp³-hybridized carbons (Fsp3) is 0.333. The van der Waals surface area contributed by atoms with Crippen molar-refractivity contribution in [2.24, 2.45) is 0 Å². The topological polar surface area (TPSA) is 81.2 Å². The van der Waals surface area contributed by atoms with Gasteiger partial charge in [-0.1, -0.05) is 0 Å². The van der Waals surface area contributed by atoms with Gasteiger partial charge in [0.1, 0.15) is 21.4 Å². The van der Waals surface area contributed by atoms with Crippen molar-refractivity contribution in [2.75, 3.05) is 17.3 Å². The summed E-state index contributed by atoms with van der Waals surface area (Å²) in [5, 5.41) is 3.02. The Labute approximate surface area is 134 Å². The second-order valence-corrected chi connectivity index (χ2v) is 7.50. The van der Waals surface area contributed by atoms with Gasteiger partial charge in [-0.25, -0.2) is 17.8 Å². The van der Waals surface area contributed by atoms with Gasteiger partial charge in [0.15, 0.2) is 0 Å². The summed E-state index contributed by atoms with van der Waals surface area (Å²) in [7, 11) is -3.00. The van der Waals surface area contributed by atoms with E-state index in [1.807, 2.05) is 6.92 Å². The highest BCUT2D eigenvalue weighted by atomic mass is 32.2. The van der Waals surface area contributed by atoms with E-state index in [1.165, 1.54) is 36.7 Å². The van der Waals surface area contributed by atoms with Crippen molar-refractivity contribution in [1.29, 1.82) is 0 Å². The molecule has 0 aliphatic heterocycles. The highest BCUT2D eigenvalue weighted by Gasteiger charge is 2.10. The summed E-state index contributed by atoms with van der Waals surface area (Å²) in [6, 6.07) is 7.06. The Morgan fingerprint density at radius 2 is 1.96 bits per heavy atom. The maximum absolute atomic E-state index is 12.9. The normalized spacial score (nSPS) is 12.7. The molecule has 0 bridgehead atoms. The van der Waals surface area contributed by atoms with Crippen LogP contribution in [0.5, 0.6) is 11.6 Å². The molecule has 1 N–H and O–H groups in total. The van der Waals surface area contributed by atoms with Crippen LogP contribution >= 0.6 is 0 Å². The molecule has 0 saturated heterocycles. The Hall–Kier alpha value is -2.22. The minimum Gasteiger partial charge on any atom is -0.439 e. The highest BCUT2D eigenvalue weighted by molar-refractivity contribution is 7.90. The summed E-state index contributed by atoms with van der Waals surface area (Å²) < 4.78 is 40.7. The lowest BCUT2D eigenvalue weighted by atomic mass is 10.3. The smallest absolute Gasteiger partial charge is 0.226 e. The number of anilines is 1. The van der Waals surface area contributed by atoms with Crippen molar-refractivity contribution in [3.05, 3.63) is 42.3 Å². The third-order valence-electron chi connectivity index (χ3n) is 2.96. The van der Waals surface area contributed by atoms with Gasteiger partial charge in [0, 0.05) is 24.6 Å². The largest absolute Gasteiger partial charge is 0.439 e. The number of aromatic nitrogens is 2. The third kappa shape index (κ3) is 6.19. The molecule has 1 atom stereocenters. The molecule has 1 aromatic carbocycles. The van der Waals surface area contributed by atoms with Crippen LogP contribution in [0.15, 0.2) is 36.5 Å². The highest BCUT2D eigenvalue weighted by Crippen LogP contribution is 2.20. The molecule has 1 unspecified atom stereocenters. The summed E-state index contributed by atoms with van der Waals surface area (Å²) in [5.41, 5.74) is 0. The molecular formula is C15H18FN3O3S. The number of benzene rings is 1. The number of sulfone groups is 1. The van der Waals surface area contributed by atoms with Gasteiger partial charge >= 0.3 is 0 Å². The minimum atomic E-state index is -3.00. The Bertz CT molecular complexity index is 751. The van der Waals surface area contributed by atoms with Gasteiger partial charge in [0.25, 0.3) is 0 Å². The number of nitrogens with one attached hydrogen (secondary N) is 1. The number of hydrogen-bond acceptors (Lipinski definition) is 6. The van der Waals surface area contributed by atoms with Crippen molar-refractivity contribution in [1.82, 2.24) is 9.97 Å². The molecule has 0 fully saturated rings. The first kappa shape index (κ1) is 17.1. The molecule has 0 aliphatic carbocycles. The van der Waals surface area contributed by atoms with Crippen LogP contribution in [0.1, 0.15) is 13.3 Å². The molecule has 23 heavy (non-hydrogen) atoms. The van der Waals surface area contributed by atoms with E-state index in [4.69, 9.17) is 4.74 Å². The fourth-order valence-electron chi connectivity index (χ4n) is 1.78. The molecule has 0 amide bonds. The van der Waals surface area contributed by atoms with Crippen molar-refractivity contribution >= 4 is 15.8 Å². The molecule has 124 valence electrons. The molecule has 0 spiro atoms. The molecule has 0 radical (unpaired) electrons. The van der Waals surface area contributed by atoms with Crippen LogP contribution in [0.3, 0.4) is 0 Å². The second-order valence-electron chi connectivity index (χ2n) is 5.24. The lowest BCUT2D eigenvalue weighted by Gasteiger charge is -2.13. The van der Waals surface area contributed by atoms with Crippen molar-refractivity contribution in [3.63, 3.8) is 0 Å². The van der Waals surface area contributed by atoms with Gasteiger partial charge in [-0.05, 0) is 37.6 Å². The van der Waals surface area contributed by atoms with Crippen LogP contribution in [0.25, 0.3) is 0 Å². The number of nitrogens with zero attached hydrogens (tertiary/aromatic N) is 2. The zero-order valence-electron chi connectivity index (χ0n) is 12.9. The summed E-state index contributed by atoms with van der Waals surface area (Å²) in [5.74, 6) is 0.853. The first-order chi connectivity index (χ1) is 10.8. The molecule has 0 saturated carbocycles. The molecule has 6 nitrogen and oxygen atoms in total. The van der Waals surface area contributed by atoms with Gasteiger partial charge in [0.2, 0.25) is 11.8 Å². The van der Waals surface area contributed by atoms with Gasteiger partial charge < -0.3 is 10.1 Å². The molecular weight excluding hydrogens is 321 g/mol. The minimum absolute atomic E-state index is 0.0902. The van der Waals surface area contributed by atoms with Crippen LogP contribution in [-0.4, -0.2) is 36.4 Å². The standard InChI is InChI=1S/C15H18FN3O3S/c1-11(8-10-23(2,20)21)18-15-17-9-7-14(19-15)22-13-5-3-12(16)4-6-13/h3-7,9,11H,8,10H2,1-2H3,(H,17,18,19). The summed E-state index contributed by atoms with van der Waals surface area (Å²) in [4.78, 5) is 8.26. The first-order valence-corrected chi connectivity index (χ1v) is 9.08. The molecule has 8 heteroatoms. The van der Waals surface area contributed by atoms with Crippen LogP contribution in [0, 0.1) is 5.82 Å². The van der Waals surface area contributed by atoms with Gasteiger partial charge in [0.05, 0.1) is 5.75 Å². The van der Waals surface area contributed by atoms with E-state index in [-0.39, 0.29) is 17.6 Å². The van der Waals surface area contributed by atoms with Crippen LogP contribution < -0.4 is 10.1 Å². The predicted octanol–water partition coefficient (Wildman–Crippen LogP) is 2.64. The summed E-state index contributed by atoms with van der Waals surface area (Å²) in [6.45, 7) is 1.85. The van der Waals surface area contributed by atoms with Crippen molar-refractivity contribution in [3.8, 4) is 11.6 Å². The number of rotatable bonds is 7. The summed E-state index contributed by atoms with van der Waals surface area (Å²) >= 11 is 0. The molecule has 1 aromatic heterocycles. The van der Waals surface area contributed by atoms with Gasteiger partial charge in [-0.2, -0.15) is 4.98 Å². The predicted molar refractivity (Wildman–Crippen MR) is 85.9 cm³/mol. The maximum atomic E-state index is 12.9. The lowest BCUT2D eigenvalue weighted by Crippen LogP contribution is -2.20. The maximum Gasteiger partial charge on any atom is 0.226 e. The Morgan fingerprint density at radius 1 is 1.26 bits per heavy atom. The average molecular weight is 339 g/mol. The number of hydrogen-bond donors (Lipinski definition) is 1. The van der Waals surface area contributed by atoms with Gasteiger partial charge in [-0.3, -0.25) is 0 Å². The molecule has 1 heterocycles. The monoisotopic (exact) mass is 339 g/mol. The second kappa shape index (κ2) is 7.36. The average Bonchev–Trinajstić information content (AvgIpc) is 2.47. The zero-order chi connectivity index (χ0) is 16.9. The van der Waals surface area contributed by atoms with Crippen LogP contribution in [0.2, 0.25) is 0 Å². The Kier molecular flexibility index (Phi) is 5.49. The number of halogens is 1. The number of ether oxygens (including phenoxy) is 1. The lowest BCUT2D eigenvalue weighted by molar-refractivity contribution is 0.460. The quantitative estimate of drug-likeness (QED) is 0.835. The van der Waals surface area contributed by atoms with E-state index < -0.39 is 9.84 Å². The summed E-state index contributed by atoms with van der Waals surface area (Å²) in [6.07, 6.45) is 3.18. The Balaban J connectivity index is 1.97. The Morgan fingerprint density at radius 3 is 2.61 bits per heavy atom. The fourth-order valence-corrected chi connectivity index (χ4v) is 2.56. The third-order valence-corrected chi connectivity index (χ3v) is 3.94. The zero-order valence-corrected chi connectivity index (χ0v) is 13.7. The van der Waals surface area contributed by atoms with Gasteiger partial charge in [-0.15, -0.1) is 0 Å². The molecule has 0 aliphatic rings.